The lowest BCUT2D eigenvalue weighted by atomic mass is 10.1. The molecule has 0 amide bonds. The van der Waals surface area contributed by atoms with Gasteiger partial charge in [0, 0.05) is 17.3 Å². The second kappa shape index (κ2) is 3.54. The standard InChI is InChI=1S/C9H14N2O/c1-6-4-5-8(7(2)10)9(11-6)12-3/h4-5,7H,10H2,1-3H3/t7-/m0/s1. The Morgan fingerprint density at radius 1 is 1.50 bits per heavy atom. The van der Waals surface area contributed by atoms with Crippen LogP contribution in [0.3, 0.4) is 0 Å². The van der Waals surface area contributed by atoms with Crippen LogP contribution >= 0.6 is 0 Å². The van der Waals surface area contributed by atoms with Crippen molar-refractivity contribution < 1.29 is 4.74 Å². The van der Waals surface area contributed by atoms with Gasteiger partial charge >= 0.3 is 0 Å². The van der Waals surface area contributed by atoms with Crippen LogP contribution in [0.1, 0.15) is 24.2 Å². The summed E-state index contributed by atoms with van der Waals surface area (Å²) in [5, 5.41) is 0. The van der Waals surface area contributed by atoms with Gasteiger partial charge < -0.3 is 10.5 Å². The molecule has 0 spiro atoms. The Bertz CT molecular complexity index is 271. The molecular weight excluding hydrogens is 152 g/mol. The normalized spacial score (nSPS) is 12.7. The number of nitrogens with zero attached hydrogens (tertiary/aromatic N) is 1. The molecule has 1 aromatic heterocycles. The molecule has 0 aliphatic carbocycles. The zero-order valence-corrected chi connectivity index (χ0v) is 7.66. The summed E-state index contributed by atoms with van der Waals surface area (Å²) in [6.45, 7) is 3.84. The molecule has 12 heavy (non-hydrogen) atoms. The van der Waals surface area contributed by atoms with Gasteiger partial charge in [0.05, 0.1) is 7.11 Å². The first kappa shape index (κ1) is 9.00. The highest BCUT2D eigenvalue weighted by atomic mass is 16.5. The first-order valence-electron chi connectivity index (χ1n) is 3.92. The third-order valence-electron chi connectivity index (χ3n) is 1.71. The van der Waals surface area contributed by atoms with E-state index in [0.717, 1.165) is 11.3 Å². The molecule has 1 heterocycles. The fourth-order valence-corrected chi connectivity index (χ4v) is 1.05. The van der Waals surface area contributed by atoms with Crippen LogP contribution in [0.25, 0.3) is 0 Å². The van der Waals surface area contributed by atoms with Gasteiger partial charge in [-0.15, -0.1) is 0 Å². The third kappa shape index (κ3) is 1.74. The summed E-state index contributed by atoms with van der Waals surface area (Å²) in [6, 6.07) is 3.85. The second-order valence-electron chi connectivity index (χ2n) is 2.84. The van der Waals surface area contributed by atoms with Crippen LogP contribution in [-0.4, -0.2) is 12.1 Å². The Morgan fingerprint density at radius 3 is 2.67 bits per heavy atom. The highest BCUT2D eigenvalue weighted by Gasteiger charge is 2.07. The summed E-state index contributed by atoms with van der Waals surface area (Å²) in [7, 11) is 1.60. The van der Waals surface area contributed by atoms with E-state index in [9.17, 15) is 0 Å². The van der Waals surface area contributed by atoms with Gasteiger partial charge in [-0.1, -0.05) is 6.07 Å². The topological polar surface area (TPSA) is 48.1 Å². The van der Waals surface area contributed by atoms with Crippen molar-refractivity contribution in [1.82, 2.24) is 4.98 Å². The number of ether oxygens (including phenoxy) is 1. The van der Waals surface area contributed by atoms with Gasteiger partial charge in [-0.25, -0.2) is 4.98 Å². The lowest BCUT2D eigenvalue weighted by Gasteiger charge is -2.10. The monoisotopic (exact) mass is 166 g/mol. The minimum absolute atomic E-state index is 0.0342. The van der Waals surface area contributed by atoms with E-state index in [-0.39, 0.29) is 6.04 Å². The Kier molecular flexibility index (Phi) is 2.65. The van der Waals surface area contributed by atoms with Crippen LogP contribution in [0.15, 0.2) is 12.1 Å². The average Bonchev–Trinajstić information content (AvgIpc) is 2.03. The predicted octanol–water partition coefficient (Wildman–Crippen LogP) is 1.42. The van der Waals surface area contributed by atoms with Crippen molar-refractivity contribution in [2.24, 2.45) is 5.73 Å². The molecule has 3 heteroatoms. The van der Waals surface area contributed by atoms with Crippen molar-refractivity contribution in [3.8, 4) is 5.88 Å². The lowest BCUT2D eigenvalue weighted by molar-refractivity contribution is 0.388. The first-order chi connectivity index (χ1) is 5.65. The smallest absolute Gasteiger partial charge is 0.218 e. The SMILES string of the molecule is COc1nc(C)ccc1[C@H](C)N. The fourth-order valence-electron chi connectivity index (χ4n) is 1.05. The van der Waals surface area contributed by atoms with Crippen molar-refractivity contribution >= 4 is 0 Å². The number of aryl methyl sites for hydroxylation is 1. The summed E-state index contributed by atoms with van der Waals surface area (Å²) < 4.78 is 5.10. The van der Waals surface area contributed by atoms with Gasteiger partial charge in [0.1, 0.15) is 0 Å². The first-order valence-corrected chi connectivity index (χ1v) is 3.92. The predicted molar refractivity (Wildman–Crippen MR) is 48.1 cm³/mol. The Balaban J connectivity index is 3.11. The van der Waals surface area contributed by atoms with Crippen LogP contribution in [0.5, 0.6) is 5.88 Å². The van der Waals surface area contributed by atoms with Gasteiger partial charge in [0.15, 0.2) is 0 Å². The zero-order chi connectivity index (χ0) is 9.14. The maximum absolute atomic E-state index is 5.72. The van der Waals surface area contributed by atoms with E-state index >= 15 is 0 Å². The molecule has 3 nitrogen and oxygen atoms in total. The van der Waals surface area contributed by atoms with Crippen LogP contribution in [-0.2, 0) is 0 Å². The highest BCUT2D eigenvalue weighted by molar-refractivity contribution is 5.30. The van der Waals surface area contributed by atoms with Crippen molar-refractivity contribution in [1.29, 1.82) is 0 Å². The lowest BCUT2D eigenvalue weighted by Crippen LogP contribution is -2.08. The summed E-state index contributed by atoms with van der Waals surface area (Å²) in [4.78, 5) is 4.21. The average molecular weight is 166 g/mol. The molecule has 1 rings (SSSR count). The number of hydrogen-bond donors (Lipinski definition) is 1. The third-order valence-corrected chi connectivity index (χ3v) is 1.71. The minimum Gasteiger partial charge on any atom is -0.481 e. The molecule has 0 bridgehead atoms. The number of hydrogen-bond acceptors (Lipinski definition) is 3. The summed E-state index contributed by atoms with van der Waals surface area (Å²) >= 11 is 0. The molecule has 0 radical (unpaired) electrons. The maximum atomic E-state index is 5.72. The number of pyridine rings is 1. The fraction of sp³-hybridized carbons (Fsp3) is 0.444. The van der Waals surface area contributed by atoms with E-state index in [1.165, 1.54) is 0 Å². The summed E-state index contributed by atoms with van der Waals surface area (Å²) in [6.07, 6.45) is 0. The van der Waals surface area contributed by atoms with Gasteiger partial charge in [0.25, 0.3) is 0 Å². The Labute approximate surface area is 72.6 Å². The summed E-state index contributed by atoms with van der Waals surface area (Å²) in [5.74, 6) is 0.630. The van der Waals surface area contributed by atoms with E-state index in [0.29, 0.717) is 5.88 Å². The Hall–Kier alpha value is -1.09. The van der Waals surface area contributed by atoms with Gasteiger partial charge in [-0.3, -0.25) is 0 Å². The number of methoxy groups -OCH3 is 1. The quantitative estimate of drug-likeness (QED) is 0.722. The van der Waals surface area contributed by atoms with E-state index in [4.69, 9.17) is 10.5 Å². The molecular formula is C9H14N2O. The molecule has 0 saturated heterocycles. The van der Waals surface area contributed by atoms with Gasteiger partial charge in [-0.2, -0.15) is 0 Å². The molecule has 66 valence electrons. The van der Waals surface area contributed by atoms with Crippen molar-refractivity contribution in [2.75, 3.05) is 7.11 Å². The molecule has 1 aromatic rings. The van der Waals surface area contributed by atoms with Crippen molar-refractivity contribution in [3.63, 3.8) is 0 Å². The van der Waals surface area contributed by atoms with Gasteiger partial charge in [0.2, 0.25) is 5.88 Å². The molecule has 1 atom stereocenters. The number of aromatic nitrogens is 1. The number of rotatable bonds is 2. The molecule has 0 aliphatic rings. The van der Waals surface area contributed by atoms with Crippen molar-refractivity contribution in [2.45, 2.75) is 19.9 Å². The summed E-state index contributed by atoms with van der Waals surface area (Å²) in [5.41, 5.74) is 7.61. The van der Waals surface area contributed by atoms with Crippen molar-refractivity contribution in [3.05, 3.63) is 23.4 Å². The Morgan fingerprint density at radius 2 is 2.17 bits per heavy atom. The molecule has 0 unspecified atom stereocenters. The van der Waals surface area contributed by atoms with Crippen LogP contribution in [0.2, 0.25) is 0 Å². The van der Waals surface area contributed by atoms with E-state index < -0.39 is 0 Å². The second-order valence-corrected chi connectivity index (χ2v) is 2.84. The molecule has 0 aliphatic heterocycles. The van der Waals surface area contributed by atoms with E-state index in [1.807, 2.05) is 26.0 Å². The molecule has 0 fully saturated rings. The molecule has 2 N–H and O–H groups in total. The van der Waals surface area contributed by atoms with Gasteiger partial charge in [-0.05, 0) is 19.9 Å². The van der Waals surface area contributed by atoms with Crippen LogP contribution < -0.4 is 10.5 Å². The van der Waals surface area contributed by atoms with E-state index in [2.05, 4.69) is 4.98 Å². The van der Waals surface area contributed by atoms with Crippen LogP contribution in [0, 0.1) is 6.92 Å². The molecule has 0 saturated carbocycles. The highest BCUT2D eigenvalue weighted by Crippen LogP contribution is 2.20. The minimum atomic E-state index is -0.0342. The van der Waals surface area contributed by atoms with E-state index in [1.54, 1.807) is 7.11 Å². The molecule has 0 aromatic carbocycles. The largest absolute Gasteiger partial charge is 0.481 e. The maximum Gasteiger partial charge on any atom is 0.218 e. The number of nitrogens with two attached hydrogens (primary N) is 1. The van der Waals surface area contributed by atoms with Crippen LogP contribution in [0.4, 0.5) is 0 Å². The zero-order valence-electron chi connectivity index (χ0n) is 7.66.